The maximum absolute atomic E-state index is 10.2. The van der Waals surface area contributed by atoms with E-state index in [1.165, 1.54) is 14.0 Å². The first-order valence-electron chi connectivity index (χ1n) is 2.18. The SMILES string of the molecule is CO[PH](=O)ONC(C)=O.[NaH]. The van der Waals surface area contributed by atoms with Crippen LogP contribution in [0.2, 0.25) is 0 Å². The van der Waals surface area contributed by atoms with E-state index in [0.29, 0.717) is 0 Å². The number of hydroxylamine groups is 1. The molecule has 0 aliphatic heterocycles. The molecule has 0 heterocycles. The number of carbonyl (C=O) groups excluding carboxylic acids is 1. The molecule has 1 atom stereocenters. The number of rotatable bonds is 3. The third-order valence-corrected chi connectivity index (χ3v) is 1.05. The first-order chi connectivity index (χ1) is 4.16. The van der Waals surface area contributed by atoms with Crippen molar-refractivity contribution in [1.82, 2.24) is 5.48 Å². The molecule has 56 valence electrons. The second-order valence-corrected chi connectivity index (χ2v) is 2.33. The molecule has 1 unspecified atom stereocenters. The normalized spacial score (nSPS) is 11.4. The van der Waals surface area contributed by atoms with Gasteiger partial charge in [0.2, 0.25) is 5.91 Å². The van der Waals surface area contributed by atoms with Gasteiger partial charge in [0.25, 0.3) is 0 Å². The molecule has 0 aliphatic carbocycles. The molecule has 0 aromatic rings. The van der Waals surface area contributed by atoms with Crippen molar-refractivity contribution in [2.75, 3.05) is 7.11 Å². The first kappa shape index (κ1) is 13.2. The Morgan fingerprint density at radius 3 is 2.40 bits per heavy atom. The van der Waals surface area contributed by atoms with Crippen LogP contribution in [0.3, 0.4) is 0 Å². The van der Waals surface area contributed by atoms with Gasteiger partial charge in [0.05, 0.1) is 0 Å². The molecule has 0 aromatic heterocycles. The fourth-order valence-corrected chi connectivity index (χ4v) is 0.466. The zero-order valence-electron chi connectivity index (χ0n) is 5.13. The van der Waals surface area contributed by atoms with Gasteiger partial charge in [-0.05, 0) is 0 Å². The van der Waals surface area contributed by atoms with Gasteiger partial charge in [0.1, 0.15) is 0 Å². The fourth-order valence-electron chi connectivity index (χ4n) is 0.155. The molecule has 0 spiro atoms. The van der Waals surface area contributed by atoms with Crippen LogP contribution in [0.15, 0.2) is 0 Å². The molecule has 0 aromatic carbocycles. The van der Waals surface area contributed by atoms with Crippen molar-refractivity contribution in [2.24, 2.45) is 0 Å². The molecule has 10 heavy (non-hydrogen) atoms. The van der Waals surface area contributed by atoms with Crippen LogP contribution in [0.5, 0.6) is 0 Å². The van der Waals surface area contributed by atoms with E-state index in [1.807, 2.05) is 5.48 Å². The van der Waals surface area contributed by atoms with Crippen molar-refractivity contribution in [1.29, 1.82) is 0 Å². The van der Waals surface area contributed by atoms with E-state index in [9.17, 15) is 9.36 Å². The summed E-state index contributed by atoms with van der Waals surface area (Å²) in [6.07, 6.45) is 0. The summed E-state index contributed by atoms with van der Waals surface area (Å²) < 4.78 is 18.6. The van der Waals surface area contributed by atoms with E-state index in [0.717, 1.165) is 0 Å². The summed E-state index contributed by atoms with van der Waals surface area (Å²) in [6, 6.07) is 0. The summed E-state index contributed by atoms with van der Waals surface area (Å²) in [5, 5.41) is 0. The molecule has 0 fully saturated rings. The number of carbonyl (C=O) groups is 1. The summed E-state index contributed by atoms with van der Waals surface area (Å²) in [5.41, 5.74) is 1.87. The third kappa shape index (κ3) is 8.62. The molecule has 1 N–H and O–H groups in total. The van der Waals surface area contributed by atoms with Crippen LogP contribution in [0.4, 0.5) is 0 Å². The van der Waals surface area contributed by atoms with Crippen LogP contribution in [0, 0.1) is 0 Å². The molecule has 0 saturated heterocycles. The Bertz CT molecular complexity index is 130. The van der Waals surface area contributed by atoms with Crippen LogP contribution < -0.4 is 5.48 Å². The summed E-state index contributed by atoms with van der Waals surface area (Å²) in [4.78, 5) is 10.0. The minimum absolute atomic E-state index is 0. The zero-order valence-corrected chi connectivity index (χ0v) is 6.13. The molecule has 0 saturated carbocycles. The third-order valence-electron chi connectivity index (χ3n) is 0.445. The second-order valence-electron chi connectivity index (χ2n) is 1.21. The molecule has 7 heteroatoms. The van der Waals surface area contributed by atoms with Crippen molar-refractivity contribution in [3.05, 3.63) is 0 Å². The Labute approximate surface area is 81.7 Å². The van der Waals surface area contributed by atoms with E-state index in [4.69, 9.17) is 0 Å². The number of hydrogen-bond donors (Lipinski definition) is 1. The average Bonchev–Trinajstić information content (AvgIpc) is 1.83. The molecular weight excluding hydrogens is 168 g/mol. The van der Waals surface area contributed by atoms with Gasteiger partial charge in [-0.3, -0.25) is 9.36 Å². The summed E-state index contributed by atoms with van der Waals surface area (Å²) in [7, 11) is -1.28. The number of amides is 1. The Hall–Kier alpha value is 0.620. The van der Waals surface area contributed by atoms with Gasteiger partial charge in [-0.15, -0.1) is 0 Å². The van der Waals surface area contributed by atoms with Gasteiger partial charge < -0.3 is 4.52 Å². The Morgan fingerprint density at radius 2 is 2.10 bits per heavy atom. The Morgan fingerprint density at radius 1 is 1.60 bits per heavy atom. The first-order valence-corrected chi connectivity index (χ1v) is 3.40. The van der Waals surface area contributed by atoms with E-state index >= 15 is 0 Å². The van der Waals surface area contributed by atoms with Gasteiger partial charge in [-0.25, -0.2) is 5.48 Å². The van der Waals surface area contributed by atoms with Gasteiger partial charge in [-0.2, -0.15) is 4.62 Å². The van der Waals surface area contributed by atoms with E-state index in [-0.39, 0.29) is 29.6 Å². The van der Waals surface area contributed by atoms with Gasteiger partial charge in [0, 0.05) is 14.0 Å². The predicted molar refractivity (Wildman–Crippen MR) is 38.1 cm³/mol. The van der Waals surface area contributed by atoms with E-state index in [1.54, 1.807) is 0 Å². The molecular formula is C3H9NNaO4P. The van der Waals surface area contributed by atoms with Gasteiger partial charge >= 0.3 is 37.8 Å². The predicted octanol–water partition coefficient (Wildman–Crippen LogP) is -0.558. The number of hydrogen-bond acceptors (Lipinski definition) is 4. The van der Waals surface area contributed by atoms with Crippen molar-refractivity contribution in [3.63, 3.8) is 0 Å². The van der Waals surface area contributed by atoms with Crippen LogP contribution in [-0.4, -0.2) is 42.6 Å². The Balaban J connectivity index is 0. The van der Waals surface area contributed by atoms with Crippen molar-refractivity contribution in [3.8, 4) is 0 Å². The van der Waals surface area contributed by atoms with Crippen molar-refractivity contribution < 1.29 is 18.5 Å². The van der Waals surface area contributed by atoms with Crippen LogP contribution >= 0.6 is 8.25 Å². The summed E-state index contributed by atoms with van der Waals surface area (Å²) >= 11 is 0. The maximum atomic E-state index is 10.2. The van der Waals surface area contributed by atoms with Gasteiger partial charge in [0.15, 0.2) is 0 Å². The zero-order chi connectivity index (χ0) is 7.28. The van der Waals surface area contributed by atoms with Gasteiger partial charge in [-0.1, -0.05) is 0 Å². The van der Waals surface area contributed by atoms with E-state index in [2.05, 4.69) is 9.15 Å². The summed E-state index contributed by atoms with van der Waals surface area (Å²) in [6.45, 7) is 1.24. The number of nitrogens with one attached hydrogen (secondary N) is 1. The second kappa shape index (κ2) is 7.72. The molecule has 5 nitrogen and oxygen atoms in total. The average molecular weight is 177 g/mol. The minimum atomic E-state index is -2.51. The quantitative estimate of drug-likeness (QED) is 0.356. The Kier molecular flexibility index (Phi) is 10.2. The van der Waals surface area contributed by atoms with Crippen LogP contribution in [-0.2, 0) is 18.5 Å². The van der Waals surface area contributed by atoms with Crippen molar-refractivity contribution >= 4 is 43.7 Å². The molecule has 0 radical (unpaired) electrons. The van der Waals surface area contributed by atoms with Crippen LogP contribution in [0.1, 0.15) is 6.92 Å². The van der Waals surface area contributed by atoms with E-state index < -0.39 is 14.2 Å². The molecule has 1 amide bonds. The topological polar surface area (TPSA) is 64.6 Å². The van der Waals surface area contributed by atoms with Crippen molar-refractivity contribution in [2.45, 2.75) is 6.92 Å². The summed E-state index contributed by atoms with van der Waals surface area (Å²) in [5.74, 6) is -0.412. The molecule has 0 aliphatic rings. The standard InChI is InChI=1S/C3H8NO4P.Na.H/c1-3(5)4-8-9(6)7-2;;/h9H,1-2H3,(H,4,5);;. The fraction of sp³-hybridized carbons (Fsp3) is 0.667. The molecule has 0 bridgehead atoms. The van der Waals surface area contributed by atoms with Crippen LogP contribution in [0.25, 0.3) is 0 Å². The molecule has 0 rings (SSSR count). The monoisotopic (exact) mass is 177 g/mol.